The Balaban J connectivity index is 1.99. The van der Waals surface area contributed by atoms with Crippen LogP contribution in [0.5, 0.6) is 11.5 Å². The van der Waals surface area contributed by atoms with Crippen LogP contribution in [0.15, 0.2) is 18.2 Å². The maximum Gasteiger partial charge on any atom is 0.411 e. The number of aromatic nitrogens is 2. The molecule has 2 N–H and O–H groups in total. The largest absolute Gasteiger partial charge is 0.497 e. The molecule has 14 heteroatoms. The van der Waals surface area contributed by atoms with Crippen molar-refractivity contribution in [1.29, 1.82) is 0 Å². The van der Waals surface area contributed by atoms with Gasteiger partial charge in [-0.05, 0) is 94.8 Å². The number of aryl methyl sites for hydroxylation is 1. The Morgan fingerprint density at radius 2 is 1.76 bits per heavy atom. The molecule has 0 unspecified atom stereocenters. The van der Waals surface area contributed by atoms with E-state index in [0.29, 0.717) is 60.0 Å². The van der Waals surface area contributed by atoms with Crippen molar-refractivity contribution in [2.45, 2.75) is 117 Å². The van der Waals surface area contributed by atoms with Crippen molar-refractivity contribution in [3.05, 3.63) is 29.3 Å². The number of likely N-dealkylation sites (tertiary alicyclic amines) is 1. The molecule has 0 saturated carbocycles. The van der Waals surface area contributed by atoms with Crippen molar-refractivity contribution in [1.82, 2.24) is 15.1 Å². The van der Waals surface area contributed by atoms with E-state index < -0.39 is 32.0 Å². The lowest BCUT2D eigenvalue weighted by molar-refractivity contribution is -0.150. The van der Waals surface area contributed by atoms with E-state index in [1.54, 1.807) is 46.9 Å². The zero-order chi connectivity index (χ0) is 37.3. The van der Waals surface area contributed by atoms with Gasteiger partial charge < -0.3 is 38.5 Å². The standard InChI is InChI=1S/C36H58N4O9Si/c1-12-46-33(42)28-16-15-26(21-40(28)34(43)49-35(2,3)4)37-30-19-24(14-13-17-48-50(10,11)36(5,6)7)32(39-38-30)31-25(22-41)18-27(45-9)20-29(31)47-23-44-8/h18-20,26,28,41H,12-17,21-23H2,1-11H3,(H,37,38)/t26-,28+/m1/s1. The first kappa shape index (κ1) is 41.0. The van der Waals surface area contributed by atoms with E-state index >= 15 is 0 Å². The smallest absolute Gasteiger partial charge is 0.411 e. The Labute approximate surface area is 298 Å². The summed E-state index contributed by atoms with van der Waals surface area (Å²) in [5.74, 6) is 1.02. The lowest BCUT2D eigenvalue weighted by Crippen LogP contribution is -2.55. The van der Waals surface area contributed by atoms with Crippen LogP contribution in [0.3, 0.4) is 0 Å². The summed E-state index contributed by atoms with van der Waals surface area (Å²) in [7, 11) is 1.13. The number of piperidine rings is 1. The molecule has 2 heterocycles. The van der Waals surface area contributed by atoms with Crippen molar-refractivity contribution < 1.29 is 42.8 Å². The number of aliphatic hydroxyl groups is 1. The van der Waals surface area contributed by atoms with Crippen LogP contribution in [0.4, 0.5) is 10.6 Å². The third kappa shape index (κ3) is 11.0. The van der Waals surface area contributed by atoms with Crippen LogP contribution in [-0.2, 0) is 36.5 Å². The Kier molecular flexibility index (Phi) is 14.5. The number of amides is 1. The lowest BCUT2D eigenvalue weighted by atomic mass is 9.96. The first-order valence-electron chi connectivity index (χ1n) is 17.3. The number of nitrogens with zero attached hydrogens (tertiary/aromatic N) is 3. The maximum atomic E-state index is 13.3. The van der Waals surface area contributed by atoms with Crippen LogP contribution < -0.4 is 14.8 Å². The number of ether oxygens (including phenoxy) is 5. The Bertz CT molecular complexity index is 1440. The highest BCUT2D eigenvalue weighted by molar-refractivity contribution is 6.74. The second-order valence-corrected chi connectivity index (χ2v) is 19.8. The molecule has 2 aromatic rings. The molecule has 1 aromatic heterocycles. The summed E-state index contributed by atoms with van der Waals surface area (Å²) < 4.78 is 34.0. The number of aliphatic hydroxyl groups excluding tert-OH is 1. The highest BCUT2D eigenvalue weighted by atomic mass is 28.4. The number of rotatable bonds is 15. The van der Waals surface area contributed by atoms with E-state index in [0.717, 1.165) is 12.0 Å². The molecule has 1 aromatic carbocycles. The van der Waals surface area contributed by atoms with E-state index in [-0.39, 0.29) is 37.6 Å². The number of hydrogen-bond acceptors (Lipinski definition) is 12. The van der Waals surface area contributed by atoms with Gasteiger partial charge in [-0.3, -0.25) is 4.90 Å². The number of carbonyl (C=O) groups is 2. The summed E-state index contributed by atoms with van der Waals surface area (Å²) in [6, 6.07) is 4.44. The molecular formula is C36H58N4O9Si. The quantitative estimate of drug-likeness (QED) is 0.0918. The van der Waals surface area contributed by atoms with Crippen LogP contribution in [0.1, 0.15) is 78.9 Å². The minimum atomic E-state index is -1.96. The molecule has 0 spiro atoms. The monoisotopic (exact) mass is 718 g/mol. The van der Waals surface area contributed by atoms with Crippen LogP contribution in [0.25, 0.3) is 11.3 Å². The highest BCUT2D eigenvalue weighted by Crippen LogP contribution is 2.40. The molecule has 280 valence electrons. The number of esters is 1. The predicted octanol–water partition coefficient (Wildman–Crippen LogP) is 6.32. The summed E-state index contributed by atoms with van der Waals surface area (Å²) >= 11 is 0. The molecule has 3 rings (SSSR count). The van der Waals surface area contributed by atoms with Crippen LogP contribution in [0.2, 0.25) is 18.1 Å². The molecule has 1 aliphatic heterocycles. The number of anilines is 1. The zero-order valence-electron chi connectivity index (χ0n) is 31.8. The van der Waals surface area contributed by atoms with Crippen molar-refractivity contribution in [2.24, 2.45) is 0 Å². The zero-order valence-corrected chi connectivity index (χ0v) is 32.8. The molecule has 13 nitrogen and oxygen atoms in total. The first-order valence-corrected chi connectivity index (χ1v) is 20.2. The molecule has 0 aliphatic carbocycles. The average Bonchev–Trinajstić information content (AvgIpc) is 3.04. The summed E-state index contributed by atoms with van der Waals surface area (Å²) in [5, 5.41) is 23.2. The summed E-state index contributed by atoms with van der Waals surface area (Å²) in [5.41, 5.74) is 1.85. The SMILES string of the molecule is CCOC(=O)[C@@H]1CC[C@@H](Nc2cc(CCCO[Si](C)(C)C(C)(C)C)c(-c3c(CO)cc(OC)cc3OCOC)nn2)CN1C(=O)OC(C)(C)C. The second-order valence-electron chi connectivity index (χ2n) is 15.0. The van der Waals surface area contributed by atoms with Crippen LogP contribution >= 0.6 is 0 Å². The maximum absolute atomic E-state index is 13.3. The fraction of sp³-hybridized carbons (Fsp3) is 0.667. The third-order valence-electron chi connectivity index (χ3n) is 8.99. The van der Waals surface area contributed by atoms with Gasteiger partial charge in [-0.15, -0.1) is 10.2 Å². The molecule has 0 radical (unpaired) electrons. The summed E-state index contributed by atoms with van der Waals surface area (Å²) in [6.45, 7) is 18.9. The van der Waals surface area contributed by atoms with Gasteiger partial charge in [0.05, 0.1) is 25.9 Å². The molecule has 0 bridgehead atoms. The Morgan fingerprint density at radius 1 is 1.04 bits per heavy atom. The molecule has 1 fully saturated rings. The minimum Gasteiger partial charge on any atom is -0.497 e. The Hall–Kier alpha value is -3.46. The van der Waals surface area contributed by atoms with Gasteiger partial charge in [-0.2, -0.15) is 0 Å². The van der Waals surface area contributed by atoms with E-state index in [9.17, 15) is 14.7 Å². The molecule has 1 saturated heterocycles. The third-order valence-corrected chi connectivity index (χ3v) is 13.5. The molecule has 2 atom stereocenters. The summed E-state index contributed by atoms with van der Waals surface area (Å²) in [6.07, 6.45) is 1.73. The number of nitrogens with one attached hydrogen (secondary N) is 1. The van der Waals surface area contributed by atoms with E-state index in [1.807, 2.05) is 6.07 Å². The van der Waals surface area contributed by atoms with E-state index in [1.165, 1.54) is 12.0 Å². The topological polar surface area (TPSA) is 151 Å². The van der Waals surface area contributed by atoms with E-state index in [2.05, 4.69) is 49.4 Å². The fourth-order valence-corrected chi connectivity index (χ4v) is 6.49. The van der Waals surface area contributed by atoms with Crippen LogP contribution in [0, 0.1) is 0 Å². The van der Waals surface area contributed by atoms with Gasteiger partial charge in [-0.1, -0.05) is 20.8 Å². The van der Waals surface area contributed by atoms with Gasteiger partial charge >= 0.3 is 12.1 Å². The molecule has 1 aliphatic rings. The predicted molar refractivity (Wildman–Crippen MR) is 194 cm³/mol. The van der Waals surface area contributed by atoms with Crippen molar-refractivity contribution in [3.63, 3.8) is 0 Å². The minimum absolute atomic E-state index is 0.0174. The van der Waals surface area contributed by atoms with Gasteiger partial charge in [0.25, 0.3) is 0 Å². The Morgan fingerprint density at radius 3 is 2.36 bits per heavy atom. The first-order chi connectivity index (χ1) is 23.4. The van der Waals surface area contributed by atoms with E-state index in [4.69, 9.17) is 28.1 Å². The number of benzene rings is 1. The van der Waals surface area contributed by atoms with Gasteiger partial charge in [0.15, 0.2) is 15.1 Å². The van der Waals surface area contributed by atoms with Crippen LogP contribution in [-0.4, -0.2) is 99.0 Å². The number of methoxy groups -OCH3 is 2. The highest BCUT2D eigenvalue weighted by Gasteiger charge is 2.40. The van der Waals surface area contributed by atoms with Gasteiger partial charge in [0.2, 0.25) is 0 Å². The number of carbonyl (C=O) groups excluding carboxylic acids is 2. The number of hydrogen-bond donors (Lipinski definition) is 2. The lowest BCUT2D eigenvalue weighted by Gasteiger charge is -2.39. The van der Waals surface area contributed by atoms with Crippen molar-refractivity contribution >= 4 is 26.2 Å². The molecule has 1 amide bonds. The van der Waals surface area contributed by atoms with Crippen molar-refractivity contribution in [3.8, 4) is 22.8 Å². The van der Waals surface area contributed by atoms with Gasteiger partial charge in [0, 0.05) is 32.4 Å². The fourth-order valence-electron chi connectivity index (χ4n) is 5.40. The molecule has 50 heavy (non-hydrogen) atoms. The average molecular weight is 719 g/mol. The molecular weight excluding hydrogens is 661 g/mol. The second kappa shape index (κ2) is 17.6. The summed E-state index contributed by atoms with van der Waals surface area (Å²) in [4.78, 5) is 27.5. The van der Waals surface area contributed by atoms with Gasteiger partial charge in [0.1, 0.15) is 34.7 Å². The van der Waals surface area contributed by atoms with Gasteiger partial charge in [-0.25, -0.2) is 9.59 Å². The van der Waals surface area contributed by atoms with Crippen molar-refractivity contribution in [2.75, 3.05) is 46.1 Å². The normalized spacial score (nSPS) is 16.9.